The first kappa shape index (κ1) is 13.4. The van der Waals surface area contributed by atoms with Crippen LogP contribution in [0.3, 0.4) is 0 Å². The largest absolute Gasteiger partial charge is 0.368 e. The maximum absolute atomic E-state index is 11.4. The van der Waals surface area contributed by atoms with Gasteiger partial charge in [0.25, 0.3) is 0 Å². The molecule has 1 unspecified atom stereocenters. The van der Waals surface area contributed by atoms with Crippen molar-refractivity contribution >= 4 is 11.6 Å². The lowest BCUT2D eigenvalue weighted by atomic mass is 10.1. The molecular formula is C14H18N4O. The van der Waals surface area contributed by atoms with E-state index in [0.717, 1.165) is 30.6 Å². The fraction of sp³-hybridized carbons (Fsp3) is 0.429. The molecule has 0 bridgehead atoms. The Hall–Kier alpha value is -2.06. The molecule has 1 heterocycles. The number of hydrogen-bond acceptors (Lipinski definition) is 4. The number of primary amides is 1. The van der Waals surface area contributed by atoms with Crippen LogP contribution in [0.15, 0.2) is 18.2 Å². The molecule has 0 radical (unpaired) electrons. The highest BCUT2D eigenvalue weighted by molar-refractivity contribution is 5.85. The van der Waals surface area contributed by atoms with Gasteiger partial charge in [-0.05, 0) is 37.6 Å². The molecule has 5 heteroatoms. The number of amides is 1. The second kappa shape index (κ2) is 5.72. The van der Waals surface area contributed by atoms with Crippen molar-refractivity contribution in [3.63, 3.8) is 0 Å². The highest BCUT2D eigenvalue weighted by atomic mass is 16.1. The van der Waals surface area contributed by atoms with Crippen LogP contribution in [0.4, 0.5) is 5.69 Å². The molecular weight excluding hydrogens is 240 g/mol. The molecule has 1 atom stereocenters. The number of nitrogens with two attached hydrogens (primary N) is 1. The second-order valence-corrected chi connectivity index (χ2v) is 4.75. The molecule has 100 valence electrons. The smallest absolute Gasteiger partial charge is 0.240 e. The molecule has 1 fully saturated rings. The van der Waals surface area contributed by atoms with Gasteiger partial charge < -0.3 is 16.0 Å². The summed E-state index contributed by atoms with van der Waals surface area (Å²) in [4.78, 5) is 13.4. The monoisotopic (exact) mass is 258 g/mol. The van der Waals surface area contributed by atoms with E-state index in [2.05, 4.69) is 11.4 Å². The van der Waals surface area contributed by atoms with Crippen LogP contribution in [-0.2, 0) is 11.3 Å². The van der Waals surface area contributed by atoms with Crippen molar-refractivity contribution in [3.05, 3.63) is 29.3 Å². The van der Waals surface area contributed by atoms with Gasteiger partial charge in [0.2, 0.25) is 5.91 Å². The Labute approximate surface area is 113 Å². The van der Waals surface area contributed by atoms with Gasteiger partial charge in [-0.3, -0.25) is 4.79 Å². The van der Waals surface area contributed by atoms with Gasteiger partial charge in [0.15, 0.2) is 0 Å². The number of carbonyl (C=O) groups is 1. The number of hydrogen-bond donors (Lipinski definition) is 2. The SMILES string of the molecule is CNCc1ccc(N2CCCC2C(N)=O)c(C#N)c1. The minimum atomic E-state index is -0.319. The Bertz CT molecular complexity index is 521. The van der Waals surface area contributed by atoms with Gasteiger partial charge in [-0.25, -0.2) is 0 Å². The van der Waals surface area contributed by atoms with E-state index in [4.69, 9.17) is 5.73 Å². The van der Waals surface area contributed by atoms with Crippen molar-refractivity contribution in [3.8, 4) is 6.07 Å². The first-order chi connectivity index (χ1) is 9.17. The first-order valence-electron chi connectivity index (χ1n) is 6.41. The van der Waals surface area contributed by atoms with Crippen molar-refractivity contribution in [2.24, 2.45) is 5.73 Å². The third-order valence-electron chi connectivity index (χ3n) is 3.45. The van der Waals surface area contributed by atoms with E-state index in [0.29, 0.717) is 12.1 Å². The third-order valence-corrected chi connectivity index (χ3v) is 3.45. The Kier molecular flexibility index (Phi) is 4.03. The normalized spacial score (nSPS) is 18.3. The van der Waals surface area contributed by atoms with Gasteiger partial charge in [0, 0.05) is 13.1 Å². The predicted octanol–water partition coefficient (Wildman–Crippen LogP) is 0.732. The van der Waals surface area contributed by atoms with Crippen LogP contribution >= 0.6 is 0 Å². The highest BCUT2D eigenvalue weighted by Crippen LogP contribution is 2.29. The number of rotatable bonds is 4. The molecule has 0 saturated carbocycles. The van der Waals surface area contributed by atoms with E-state index in [-0.39, 0.29) is 11.9 Å². The number of nitrogens with one attached hydrogen (secondary N) is 1. The van der Waals surface area contributed by atoms with Crippen LogP contribution in [0.2, 0.25) is 0 Å². The van der Waals surface area contributed by atoms with Crippen LogP contribution in [-0.4, -0.2) is 25.5 Å². The average molecular weight is 258 g/mol. The molecule has 0 aromatic heterocycles. The maximum atomic E-state index is 11.4. The van der Waals surface area contributed by atoms with E-state index in [1.807, 2.05) is 30.1 Å². The van der Waals surface area contributed by atoms with Crippen molar-refractivity contribution in [1.82, 2.24) is 5.32 Å². The Balaban J connectivity index is 2.34. The van der Waals surface area contributed by atoms with E-state index >= 15 is 0 Å². The van der Waals surface area contributed by atoms with E-state index < -0.39 is 0 Å². The van der Waals surface area contributed by atoms with Gasteiger partial charge in [-0.1, -0.05) is 6.07 Å². The summed E-state index contributed by atoms with van der Waals surface area (Å²) in [5.74, 6) is -0.319. The van der Waals surface area contributed by atoms with Gasteiger partial charge in [-0.15, -0.1) is 0 Å². The van der Waals surface area contributed by atoms with Crippen LogP contribution in [0.25, 0.3) is 0 Å². The van der Waals surface area contributed by atoms with Crippen molar-refractivity contribution in [1.29, 1.82) is 5.26 Å². The zero-order chi connectivity index (χ0) is 13.8. The zero-order valence-electron chi connectivity index (χ0n) is 11.0. The number of nitrogens with zero attached hydrogens (tertiary/aromatic N) is 2. The van der Waals surface area contributed by atoms with E-state index in [9.17, 15) is 10.1 Å². The topological polar surface area (TPSA) is 82.2 Å². The molecule has 1 aliphatic heterocycles. The molecule has 1 amide bonds. The Morgan fingerprint density at radius 1 is 1.63 bits per heavy atom. The van der Waals surface area contributed by atoms with Crippen LogP contribution in [0, 0.1) is 11.3 Å². The second-order valence-electron chi connectivity index (χ2n) is 4.75. The third kappa shape index (κ3) is 2.69. The molecule has 1 aromatic rings. The average Bonchev–Trinajstić information content (AvgIpc) is 2.88. The van der Waals surface area contributed by atoms with Gasteiger partial charge >= 0.3 is 0 Å². The minimum Gasteiger partial charge on any atom is -0.368 e. The van der Waals surface area contributed by atoms with Gasteiger partial charge in [-0.2, -0.15) is 5.26 Å². The summed E-state index contributed by atoms with van der Waals surface area (Å²) in [5.41, 5.74) is 7.88. The molecule has 5 nitrogen and oxygen atoms in total. The summed E-state index contributed by atoms with van der Waals surface area (Å²) >= 11 is 0. The lowest BCUT2D eigenvalue weighted by molar-refractivity contribution is -0.119. The molecule has 0 spiro atoms. The standard InChI is InChI=1S/C14H18N4O/c1-17-9-10-4-5-12(11(7-10)8-15)18-6-2-3-13(18)14(16)19/h4-5,7,13,17H,2-3,6,9H2,1H3,(H2,16,19). The van der Waals surface area contributed by atoms with Crippen LogP contribution in [0.1, 0.15) is 24.0 Å². The maximum Gasteiger partial charge on any atom is 0.240 e. The van der Waals surface area contributed by atoms with Gasteiger partial charge in [0.05, 0.1) is 11.3 Å². The fourth-order valence-electron chi connectivity index (χ4n) is 2.59. The molecule has 1 aliphatic rings. The number of anilines is 1. The first-order valence-corrected chi connectivity index (χ1v) is 6.41. The van der Waals surface area contributed by atoms with Crippen LogP contribution in [0.5, 0.6) is 0 Å². The summed E-state index contributed by atoms with van der Waals surface area (Å²) in [6.45, 7) is 1.49. The van der Waals surface area contributed by atoms with E-state index in [1.165, 1.54) is 0 Å². The summed E-state index contributed by atoms with van der Waals surface area (Å²) < 4.78 is 0. The summed E-state index contributed by atoms with van der Waals surface area (Å²) in [6.07, 6.45) is 1.69. The Morgan fingerprint density at radius 3 is 3.05 bits per heavy atom. The van der Waals surface area contributed by atoms with Crippen molar-refractivity contribution in [2.45, 2.75) is 25.4 Å². The van der Waals surface area contributed by atoms with Crippen molar-refractivity contribution in [2.75, 3.05) is 18.5 Å². The quantitative estimate of drug-likeness (QED) is 0.834. The Morgan fingerprint density at radius 2 is 2.42 bits per heavy atom. The molecule has 2 rings (SSSR count). The number of carbonyl (C=O) groups excluding carboxylic acids is 1. The molecule has 1 aromatic carbocycles. The predicted molar refractivity (Wildman–Crippen MR) is 73.5 cm³/mol. The lowest BCUT2D eigenvalue weighted by Crippen LogP contribution is -2.40. The van der Waals surface area contributed by atoms with E-state index in [1.54, 1.807) is 0 Å². The number of nitriles is 1. The molecule has 19 heavy (non-hydrogen) atoms. The highest BCUT2D eigenvalue weighted by Gasteiger charge is 2.30. The summed E-state index contributed by atoms with van der Waals surface area (Å²) in [6, 6.07) is 7.67. The van der Waals surface area contributed by atoms with Gasteiger partial charge in [0.1, 0.15) is 12.1 Å². The summed E-state index contributed by atoms with van der Waals surface area (Å²) in [5, 5.41) is 12.3. The molecule has 1 saturated heterocycles. The summed E-state index contributed by atoms with van der Waals surface area (Å²) in [7, 11) is 1.86. The number of benzene rings is 1. The molecule has 0 aliphatic carbocycles. The van der Waals surface area contributed by atoms with Crippen molar-refractivity contribution < 1.29 is 4.79 Å². The zero-order valence-corrected chi connectivity index (χ0v) is 11.0. The minimum absolute atomic E-state index is 0.290. The lowest BCUT2D eigenvalue weighted by Gasteiger charge is -2.25. The molecule has 3 N–H and O–H groups in total. The fourth-order valence-corrected chi connectivity index (χ4v) is 2.59. The van der Waals surface area contributed by atoms with Crippen LogP contribution < -0.4 is 16.0 Å².